The van der Waals surface area contributed by atoms with Crippen molar-refractivity contribution in [3.05, 3.63) is 90.1 Å². The second kappa shape index (κ2) is 11.1. The number of rotatable bonds is 9. The monoisotopic (exact) mass is 513 g/mol. The van der Waals surface area contributed by atoms with Gasteiger partial charge in [-0.25, -0.2) is 5.01 Å². The van der Waals surface area contributed by atoms with Gasteiger partial charge < -0.3 is 14.0 Å². The summed E-state index contributed by atoms with van der Waals surface area (Å²) in [5.74, 6) is 1.88. The minimum Gasteiger partial charge on any atom is -0.497 e. The predicted molar refractivity (Wildman–Crippen MR) is 150 cm³/mol. The van der Waals surface area contributed by atoms with Gasteiger partial charge in [0.1, 0.15) is 11.5 Å². The normalized spacial score (nSPS) is 15.2. The smallest absolute Gasteiger partial charge is 0.253 e. The largest absolute Gasteiger partial charge is 0.497 e. The zero-order chi connectivity index (χ0) is 25.8. The number of aromatic nitrogens is 1. The summed E-state index contributed by atoms with van der Waals surface area (Å²) in [5.41, 5.74) is 4.12. The Balaban J connectivity index is 1.40. The van der Waals surface area contributed by atoms with Gasteiger partial charge in [-0.2, -0.15) is 5.10 Å². The van der Waals surface area contributed by atoms with Crippen LogP contribution in [0.15, 0.2) is 89.0 Å². The maximum absolute atomic E-state index is 13.6. The summed E-state index contributed by atoms with van der Waals surface area (Å²) in [4.78, 5) is 14.7. The molecule has 6 nitrogen and oxygen atoms in total. The molecule has 0 N–H and O–H groups in total. The molecule has 0 fully saturated rings. The first-order valence-electron chi connectivity index (χ1n) is 12.5. The fraction of sp³-hybridized carbons (Fsp3) is 0.267. The molecule has 0 aliphatic carbocycles. The van der Waals surface area contributed by atoms with Gasteiger partial charge in [-0.05, 0) is 60.0 Å². The van der Waals surface area contributed by atoms with E-state index in [-0.39, 0.29) is 11.9 Å². The van der Waals surface area contributed by atoms with E-state index in [1.165, 1.54) is 10.9 Å². The molecule has 1 aliphatic heterocycles. The minimum absolute atomic E-state index is 0.0124. The minimum atomic E-state index is -0.169. The van der Waals surface area contributed by atoms with E-state index < -0.39 is 0 Å². The average molecular weight is 514 g/mol. The van der Waals surface area contributed by atoms with Crippen LogP contribution in [0.3, 0.4) is 0 Å². The lowest BCUT2D eigenvalue weighted by Crippen LogP contribution is -2.28. The molecule has 1 aliphatic rings. The van der Waals surface area contributed by atoms with E-state index >= 15 is 0 Å². The molecule has 0 spiro atoms. The van der Waals surface area contributed by atoms with Gasteiger partial charge in [-0.15, -0.1) is 11.8 Å². The molecule has 1 atom stereocenters. The molecule has 0 unspecified atom stereocenters. The van der Waals surface area contributed by atoms with Crippen LogP contribution in [0.25, 0.3) is 10.9 Å². The summed E-state index contributed by atoms with van der Waals surface area (Å²) in [5, 5.41) is 7.68. The van der Waals surface area contributed by atoms with E-state index in [1.54, 1.807) is 31.0 Å². The number of hydrogen-bond donors (Lipinski definition) is 0. The Labute approximate surface area is 221 Å². The molecule has 37 heavy (non-hydrogen) atoms. The number of fused-ring (bicyclic) bond motifs is 1. The Morgan fingerprint density at radius 1 is 0.973 bits per heavy atom. The Morgan fingerprint density at radius 3 is 2.32 bits per heavy atom. The lowest BCUT2D eigenvalue weighted by molar-refractivity contribution is -0.130. The van der Waals surface area contributed by atoms with Gasteiger partial charge in [-0.3, -0.25) is 4.79 Å². The van der Waals surface area contributed by atoms with Gasteiger partial charge in [0.2, 0.25) is 0 Å². The average Bonchev–Trinajstić information content (AvgIpc) is 3.55. The quantitative estimate of drug-likeness (QED) is 0.239. The summed E-state index contributed by atoms with van der Waals surface area (Å²) in [7, 11) is 3.31. The molecule has 1 aromatic heterocycles. The van der Waals surface area contributed by atoms with Crippen molar-refractivity contribution in [1.29, 1.82) is 0 Å². The van der Waals surface area contributed by atoms with Crippen LogP contribution < -0.4 is 9.47 Å². The fourth-order valence-electron chi connectivity index (χ4n) is 4.74. The lowest BCUT2D eigenvalue weighted by atomic mass is 9.98. The highest BCUT2D eigenvalue weighted by molar-refractivity contribution is 8.00. The predicted octanol–water partition coefficient (Wildman–Crippen LogP) is 6.54. The van der Waals surface area contributed by atoms with Crippen molar-refractivity contribution in [3.63, 3.8) is 0 Å². The summed E-state index contributed by atoms with van der Waals surface area (Å²) in [6, 6.07) is 23.9. The molecule has 5 rings (SSSR count). The number of carbonyl (C=O) groups is 1. The van der Waals surface area contributed by atoms with Crippen LogP contribution >= 0.6 is 11.8 Å². The number of thioether (sulfide) groups is 1. The topological polar surface area (TPSA) is 56.1 Å². The van der Waals surface area contributed by atoms with Gasteiger partial charge >= 0.3 is 0 Å². The van der Waals surface area contributed by atoms with Crippen molar-refractivity contribution in [1.82, 2.24) is 9.58 Å². The number of carbonyl (C=O) groups excluding carboxylic acids is 1. The van der Waals surface area contributed by atoms with Crippen molar-refractivity contribution in [2.45, 2.75) is 37.2 Å². The zero-order valence-electron chi connectivity index (χ0n) is 21.4. The second-order valence-corrected chi connectivity index (χ2v) is 10.0. The zero-order valence-corrected chi connectivity index (χ0v) is 22.2. The number of ether oxygens (including phenoxy) is 2. The van der Waals surface area contributed by atoms with Crippen LogP contribution in [-0.2, 0) is 11.3 Å². The van der Waals surface area contributed by atoms with E-state index in [4.69, 9.17) is 14.6 Å². The molecule has 190 valence electrons. The molecule has 0 radical (unpaired) electrons. The van der Waals surface area contributed by atoms with E-state index in [0.29, 0.717) is 12.2 Å². The lowest BCUT2D eigenvalue weighted by Gasteiger charge is -2.22. The molecule has 0 bridgehead atoms. The van der Waals surface area contributed by atoms with Crippen LogP contribution in [0.4, 0.5) is 0 Å². The SMILES string of the molecule is CCCn1cc(SCC(=O)N2N=C(c3ccc(OC)cc3)C[C@@H]2c2ccc(OC)cc2)c2ccccc21. The molecule has 3 aromatic carbocycles. The highest BCUT2D eigenvalue weighted by atomic mass is 32.2. The Morgan fingerprint density at radius 2 is 1.65 bits per heavy atom. The number of hydrogen-bond acceptors (Lipinski definition) is 5. The molecule has 7 heteroatoms. The molecule has 0 saturated heterocycles. The van der Waals surface area contributed by atoms with E-state index in [9.17, 15) is 4.79 Å². The summed E-state index contributed by atoms with van der Waals surface area (Å²) >= 11 is 1.58. The van der Waals surface area contributed by atoms with Crippen molar-refractivity contribution >= 4 is 34.3 Å². The number of nitrogens with zero attached hydrogens (tertiary/aromatic N) is 3. The van der Waals surface area contributed by atoms with Crippen molar-refractivity contribution < 1.29 is 14.3 Å². The maximum atomic E-state index is 13.6. The highest BCUT2D eigenvalue weighted by Crippen LogP contribution is 2.36. The molecular formula is C30H31N3O3S. The van der Waals surface area contributed by atoms with Gasteiger partial charge in [-0.1, -0.05) is 37.3 Å². The summed E-state index contributed by atoms with van der Waals surface area (Å²) in [6.45, 7) is 3.13. The number of hydrazone groups is 1. The number of aryl methyl sites for hydroxylation is 1. The Kier molecular flexibility index (Phi) is 7.51. The second-order valence-electron chi connectivity index (χ2n) is 9.00. The Hall–Kier alpha value is -3.71. The van der Waals surface area contributed by atoms with Gasteiger partial charge in [0.25, 0.3) is 5.91 Å². The third-order valence-corrected chi connectivity index (χ3v) is 7.69. The Bertz CT molecular complexity index is 1410. The molecule has 4 aromatic rings. The third kappa shape index (κ3) is 5.23. The molecule has 0 saturated carbocycles. The van der Waals surface area contributed by atoms with Gasteiger partial charge in [0.05, 0.1) is 31.7 Å². The fourth-order valence-corrected chi connectivity index (χ4v) is 5.68. The molecule has 1 amide bonds. The molecular weight excluding hydrogens is 482 g/mol. The highest BCUT2D eigenvalue weighted by Gasteiger charge is 2.33. The van der Waals surface area contributed by atoms with Crippen molar-refractivity contribution in [3.8, 4) is 11.5 Å². The van der Waals surface area contributed by atoms with Gasteiger partial charge in [0, 0.05) is 35.0 Å². The van der Waals surface area contributed by atoms with Crippen molar-refractivity contribution in [2.24, 2.45) is 5.10 Å². The number of para-hydroxylation sites is 1. The first-order valence-corrected chi connectivity index (χ1v) is 13.5. The van der Waals surface area contributed by atoms with E-state index in [2.05, 4.69) is 42.0 Å². The molecule has 2 heterocycles. The number of amides is 1. The summed E-state index contributed by atoms with van der Waals surface area (Å²) in [6.07, 6.45) is 3.87. The van der Waals surface area contributed by atoms with Crippen molar-refractivity contribution in [2.75, 3.05) is 20.0 Å². The van der Waals surface area contributed by atoms with Crippen LogP contribution in [0.5, 0.6) is 11.5 Å². The number of benzene rings is 3. The third-order valence-electron chi connectivity index (χ3n) is 6.66. The first-order chi connectivity index (χ1) is 18.1. The standard InChI is InChI=1S/C30H31N3O3S/c1-4-17-32-19-29(25-7-5-6-8-27(25)32)37-20-30(34)33-28(22-11-15-24(36-3)16-12-22)18-26(31-33)21-9-13-23(35-2)14-10-21/h5-16,19,28H,4,17-18,20H2,1-3H3/t28-/m1/s1. The van der Waals surface area contributed by atoms with Crippen LogP contribution in [0, 0.1) is 0 Å². The van der Waals surface area contributed by atoms with E-state index in [0.717, 1.165) is 46.2 Å². The van der Waals surface area contributed by atoms with Crippen LogP contribution in [0.1, 0.15) is 36.9 Å². The van der Waals surface area contributed by atoms with Gasteiger partial charge in [0.15, 0.2) is 0 Å². The van der Waals surface area contributed by atoms with Crippen LogP contribution in [-0.4, -0.2) is 41.2 Å². The maximum Gasteiger partial charge on any atom is 0.253 e. The van der Waals surface area contributed by atoms with Crippen LogP contribution in [0.2, 0.25) is 0 Å². The summed E-state index contributed by atoms with van der Waals surface area (Å²) < 4.78 is 12.9. The first kappa shape index (κ1) is 25.0. The van der Waals surface area contributed by atoms with E-state index in [1.807, 2.05) is 48.5 Å². The number of methoxy groups -OCH3 is 2.